The van der Waals surface area contributed by atoms with Crippen molar-refractivity contribution in [2.75, 3.05) is 0 Å². The predicted octanol–water partition coefficient (Wildman–Crippen LogP) is 3.02. The van der Waals surface area contributed by atoms with E-state index in [0.717, 1.165) is 18.8 Å². The highest BCUT2D eigenvalue weighted by atomic mass is 14.6. The lowest BCUT2D eigenvalue weighted by molar-refractivity contribution is 0.301. The molecule has 0 atom stereocenters. The molecule has 11 heavy (non-hydrogen) atoms. The van der Waals surface area contributed by atoms with E-state index in [1.165, 1.54) is 32.1 Å². The Balaban J connectivity index is 2.07. The smallest absolute Gasteiger partial charge is 0.0213 e. The fraction of sp³-hybridized carbons (Fsp3) is 1.00. The molecule has 0 unspecified atom stereocenters. The van der Waals surface area contributed by atoms with Crippen molar-refractivity contribution in [2.24, 2.45) is 5.92 Å². The Morgan fingerprint density at radius 1 is 1.18 bits per heavy atom. The molecule has 0 aromatic rings. The van der Waals surface area contributed by atoms with Crippen LogP contribution in [0, 0.1) is 5.92 Å². The summed E-state index contributed by atoms with van der Waals surface area (Å²) >= 11 is 0. The Morgan fingerprint density at radius 2 is 1.82 bits per heavy atom. The molecule has 0 heterocycles. The van der Waals surface area contributed by atoms with Crippen molar-refractivity contribution in [2.45, 2.75) is 57.9 Å². The minimum atomic E-state index is 0.271. The number of nitrogens with one attached hydrogen (secondary N) is 1. The van der Waals surface area contributed by atoms with E-state index in [-0.39, 0.29) is 6.04 Å². The number of hydrogen-bond donors (Lipinski definition) is 0. The van der Waals surface area contributed by atoms with Gasteiger partial charge in [-0.1, -0.05) is 26.2 Å². The van der Waals surface area contributed by atoms with Crippen molar-refractivity contribution >= 4 is 0 Å². The van der Waals surface area contributed by atoms with Crippen LogP contribution in [0.3, 0.4) is 0 Å². The first-order chi connectivity index (χ1) is 5.33. The van der Waals surface area contributed by atoms with E-state index < -0.39 is 0 Å². The topological polar surface area (TPSA) is 23.8 Å². The van der Waals surface area contributed by atoms with Crippen molar-refractivity contribution in [1.82, 2.24) is 5.73 Å². The molecule has 1 aliphatic carbocycles. The van der Waals surface area contributed by atoms with Gasteiger partial charge in [0, 0.05) is 6.04 Å². The normalized spacial score (nSPS) is 32.2. The third-order valence-electron chi connectivity index (χ3n) is 2.81. The first kappa shape index (κ1) is 9.05. The zero-order valence-corrected chi connectivity index (χ0v) is 7.60. The lowest BCUT2D eigenvalue weighted by atomic mass is 9.83. The zero-order chi connectivity index (χ0) is 8.10. The van der Waals surface area contributed by atoms with Crippen LogP contribution in [0.1, 0.15) is 51.9 Å². The van der Waals surface area contributed by atoms with E-state index in [2.05, 4.69) is 6.92 Å². The van der Waals surface area contributed by atoms with Crippen LogP contribution in [0.25, 0.3) is 0 Å². The van der Waals surface area contributed by atoms with E-state index in [9.17, 15) is 0 Å². The maximum absolute atomic E-state index is 7.54. The van der Waals surface area contributed by atoms with E-state index in [1.807, 2.05) is 0 Å². The van der Waals surface area contributed by atoms with Crippen LogP contribution < -0.4 is 5.73 Å². The van der Waals surface area contributed by atoms with Crippen LogP contribution in [0.15, 0.2) is 0 Å². The molecule has 0 spiro atoms. The Bertz CT molecular complexity index is 90.3. The Hall–Kier alpha value is -0.0400. The largest absolute Gasteiger partial charge is 0.255 e. The molecule has 1 saturated carbocycles. The molecule has 0 aromatic heterocycles. The minimum Gasteiger partial charge on any atom is -0.255 e. The van der Waals surface area contributed by atoms with Gasteiger partial charge < -0.3 is 0 Å². The summed E-state index contributed by atoms with van der Waals surface area (Å²) in [6.07, 6.45) is 9.13. The monoisotopic (exact) mass is 154 g/mol. The Labute approximate surface area is 70.4 Å². The quantitative estimate of drug-likeness (QED) is 0.596. The fourth-order valence-corrected chi connectivity index (χ4v) is 1.94. The summed E-state index contributed by atoms with van der Waals surface area (Å²) in [7, 11) is 0. The molecule has 1 rings (SSSR count). The Morgan fingerprint density at radius 3 is 2.36 bits per heavy atom. The van der Waals surface area contributed by atoms with Crippen molar-refractivity contribution in [3.8, 4) is 0 Å². The van der Waals surface area contributed by atoms with E-state index in [1.54, 1.807) is 0 Å². The van der Waals surface area contributed by atoms with E-state index >= 15 is 0 Å². The molecule has 0 amide bonds. The van der Waals surface area contributed by atoms with Gasteiger partial charge in [-0.3, -0.25) is 5.73 Å². The minimum absolute atomic E-state index is 0.271. The van der Waals surface area contributed by atoms with Crippen molar-refractivity contribution < 1.29 is 0 Å². The summed E-state index contributed by atoms with van der Waals surface area (Å²) in [5.41, 5.74) is 7.54. The van der Waals surface area contributed by atoms with Crippen molar-refractivity contribution in [3.05, 3.63) is 0 Å². The lowest BCUT2D eigenvalue weighted by Crippen LogP contribution is -2.19. The molecule has 0 aromatic carbocycles. The van der Waals surface area contributed by atoms with Gasteiger partial charge in [0.05, 0.1) is 0 Å². The van der Waals surface area contributed by atoms with Gasteiger partial charge in [-0.2, -0.15) is 0 Å². The average Bonchev–Trinajstić information content (AvgIpc) is 2.04. The number of hydrogen-bond acceptors (Lipinski definition) is 0. The standard InChI is InChI=1S/C10H20N/c1-2-3-4-9-5-7-10(11)8-6-9/h9-11H,2-8H2,1H3. The number of rotatable bonds is 3. The maximum Gasteiger partial charge on any atom is 0.0213 e. The van der Waals surface area contributed by atoms with Gasteiger partial charge in [-0.05, 0) is 31.6 Å². The molecule has 1 N–H and O–H groups in total. The van der Waals surface area contributed by atoms with Crippen LogP contribution in [0.2, 0.25) is 0 Å². The molecule has 65 valence electrons. The highest BCUT2D eigenvalue weighted by molar-refractivity contribution is 4.73. The van der Waals surface area contributed by atoms with Crippen LogP contribution >= 0.6 is 0 Å². The Kier molecular flexibility index (Phi) is 3.92. The van der Waals surface area contributed by atoms with Crippen molar-refractivity contribution in [3.63, 3.8) is 0 Å². The highest BCUT2D eigenvalue weighted by Gasteiger charge is 2.17. The second-order valence-corrected chi connectivity index (χ2v) is 3.86. The first-order valence-electron chi connectivity index (χ1n) is 5.04. The van der Waals surface area contributed by atoms with Gasteiger partial charge >= 0.3 is 0 Å². The zero-order valence-electron chi connectivity index (χ0n) is 7.60. The molecular weight excluding hydrogens is 134 g/mol. The molecule has 1 aliphatic rings. The van der Waals surface area contributed by atoms with Crippen LogP contribution in [0.4, 0.5) is 0 Å². The van der Waals surface area contributed by atoms with Gasteiger partial charge in [0.1, 0.15) is 0 Å². The van der Waals surface area contributed by atoms with Gasteiger partial charge in [0.2, 0.25) is 0 Å². The molecule has 1 heteroatoms. The van der Waals surface area contributed by atoms with E-state index in [0.29, 0.717) is 0 Å². The molecule has 0 saturated heterocycles. The fourth-order valence-electron chi connectivity index (χ4n) is 1.94. The van der Waals surface area contributed by atoms with Gasteiger partial charge in [-0.15, -0.1) is 0 Å². The van der Waals surface area contributed by atoms with Gasteiger partial charge in [0.15, 0.2) is 0 Å². The third-order valence-corrected chi connectivity index (χ3v) is 2.81. The molecular formula is C10H20N. The van der Waals surface area contributed by atoms with Crippen LogP contribution in [0.5, 0.6) is 0 Å². The van der Waals surface area contributed by atoms with Crippen LogP contribution in [-0.2, 0) is 0 Å². The summed E-state index contributed by atoms with van der Waals surface area (Å²) < 4.78 is 0. The maximum atomic E-state index is 7.54. The first-order valence-corrected chi connectivity index (χ1v) is 5.04. The van der Waals surface area contributed by atoms with Crippen molar-refractivity contribution in [1.29, 1.82) is 0 Å². The van der Waals surface area contributed by atoms with Gasteiger partial charge in [-0.25, -0.2) is 0 Å². The number of unbranched alkanes of at least 4 members (excludes halogenated alkanes) is 1. The highest BCUT2D eigenvalue weighted by Crippen LogP contribution is 2.27. The van der Waals surface area contributed by atoms with Crippen LogP contribution in [-0.4, -0.2) is 6.04 Å². The molecule has 0 aliphatic heterocycles. The molecule has 1 radical (unpaired) electrons. The molecule has 0 bridgehead atoms. The summed E-state index contributed by atoms with van der Waals surface area (Å²) in [5, 5.41) is 0. The second kappa shape index (κ2) is 4.76. The SMILES string of the molecule is CCCCC1CCC([NH])CC1. The average molecular weight is 154 g/mol. The predicted molar refractivity (Wildman–Crippen MR) is 48.4 cm³/mol. The summed E-state index contributed by atoms with van der Waals surface area (Å²) in [6, 6.07) is 0.271. The summed E-state index contributed by atoms with van der Waals surface area (Å²) in [4.78, 5) is 0. The second-order valence-electron chi connectivity index (χ2n) is 3.86. The molecule has 1 nitrogen and oxygen atoms in total. The molecule has 1 fully saturated rings. The van der Waals surface area contributed by atoms with E-state index in [4.69, 9.17) is 5.73 Å². The summed E-state index contributed by atoms with van der Waals surface area (Å²) in [5.74, 6) is 0.969. The van der Waals surface area contributed by atoms with Gasteiger partial charge in [0.25, 0.3) is 0 Å². The third kappa shape index (κ3) is 3.24. The lowest BCUT2D eigenvalue weighted by Gasteiger charge is -2.25. The summed E-state index contributed by atoms with van der Waals surface area (Å²) in [6.45, 7) is 2.26.